The first-order valence-electron chi connectivity index (χ1n) is 7.31. The summed E-state index contributed by atoms with van der Waals surface area (Å²) >= 11 is 0. The summed E-state index contributed by atoms with van der Waals surface area (Å²) in [7, 11) is 0. The Morgan fingerprint density at radius 1 is 1.26 bits per heavy atom. The number of aryl methyl sites for hydroxylation is 3. The quantitative estimate of drug-likeness (QED) is 0.823. The molecule has 4 rings (SSSR count). The van der Waals surface area contributed by atoms with Gasteiger partial charge in [0.15, 0.2) is 5.65 Å². The van der Waals surface area contributed by atoms with Gasteiger partial charge in [-0.2, -0.15) is 0 Å². The van der Waals surface area contributed by atoms with Gasteiger partial charge in [-0.05, 0) is 38.5 Å². The van der Waals surface area contributed by atoms with Gasteiger partial charge in [-0.15, -0.1) is 5.10 Å². The minimum Gasteiger partial charge on any atom is -0.245 e. The summed E-state index contributed by atoms with van der Waals surface area (Å²) in [6, 6.07) is 0.330. The van der Waals surface area contributed by atoms with Crippen LogP contribution in [0, 0.1) is 0 Å². The molecule has 0 bridgehead atoms. The van der Waals surface area contributed by atoms with E-state index in [1.165, 1.54) is 24.1 Å². The fourth-order valence-corrected chi connectivity index (χ4v) is 3.06. The topological polar surface area (TPSA) is 52.2 Å². The van der Waals surface area contributed by atoms with Gasteiger partial charge in [-0.25, -0.2) is 18.9 Å². The minimum atomic E-state index is 0.00947. The average Bonchev–Trinajstić information content (AvgIpc) is 3.22. The van der Waals surface area contributed by atoms with Crippen molar-refractivity contribution in [3.63, 3.8) is 0 Å². The Morgan fingerprint density at radius 2 is 2.05 bits per heavy atom. The summed E-state index contributed by atoms with van der Waals surface area (Å²) in [5, 5.41) is 4.62. The first kappa shape index (κ1) is 11.2. The number of rotatable bonds is 2. The Balaban J connectivity index is 2.07. The van der Waals surface area contributed by atoms with Crippen molar-refractivity contribution in [3.8, 4) is 0 Å². The maximum absolute atomic E-state index is 12.5. The lowest BCUT2D eigenvalue weighted by Gasteiger charge is -2.16. The normalized spacial score (nSPS) is 18.8. The Hall–Kier alpha value is -1.65. The summed E-state index contributed by atoms with van der Waals surface area (Å²) in [6.07, 6.45) is 7.37. The molecule has 2 heterocycles. The molecule has 2 aromatic rings. The smallest absolute Gasteiger partial charge is 0.245 e. The van der Waals surface area contributed by atoms with Gasteiger partial charge in [0, 0.05) is 17.7 Å². The molecule has 0 aromatic carbocycles. The van der Waals surface area contributed by atoms with Crippen molar-refractivity contribution >= 4 is 5.65 Å². The maximum Gasteiger partial charge on any atom is 0.352 e. The van der Waals surface area contributed by atoms with Gasteiger partial charge in [0.1, 0.15) is 5.82 Å². The van der Waals surface area contributed by atoms with Crippen LogP contribution in [0.5, 0.6) is 0 Å². The highest BCUT2D eigenvalue weighted by molar-refractivity contribution is 5.50. The van der Waals surface area contributed by atoms with E-state index in [4.69, 9.17) is 4.98 Å². The lowest BCUT2D eigenvalue weighted by Crippen LogP contribution is -2.23. The Bertz CT molecular complexity index is 708. The second-order valence-corrected chi connectivity index (χ2v) is 5.63. The molecule has 5 nitrogen and oxygen atoms in total. The third-order valence-corrected chi connectivity index (χ3v) is 4.24. The third kappa shape index (κ3) is 1.57. The van der Waals surface area contributed by atoms with E-state index in [0.29, 0.717) is 6.04 Å². The van der Waals surface area contributed by atoms with E-state index in [1.807, 2.05) is 0 Å². The van der Waals surface area contributed by atoms with Crippen LogP contribution in [0.25, 0.3) is 5.65 Å². The van der Waals surface area contributed by atoms with Gasteiger partial charge in [0.2, 0.25) is 0 Å². The molecular formula is C14H18N4O. The molecule has 2 aromatic heterocycles. The van der Waals surface area contributed by atoms with Crippen molar-refractivity contribution in [3.05, 3.63) is 27.6 Å². The van der Waals surface area contributed by atoms with E-state index in [9.17, 15) is 4.79 Å². The van der Waals surface area contributed by atoms with Crippen LogP contribution in [-0.2, 0) is 19.3 Å². The predicted octanol–water partition coefficient (Wildman–Crippen LogP) is 1.67. The molecule has 2 aliphatic rings. The molecule has 0 aliphatic heterocycles. The van der Waals surface area contributed by atoms with Crippen molar-refractivity contribution in [1.82, 2.24) is 19.2 Å². The number of fused-ring (bicyclic) bond motifs is 3. The second-order valence-electron chi connectivity index (χ2n) is 5.63. The van der Waals surface area contributed by atoms with Crippen LogP contribution in [0.3, 0.4) is 0 Å². The predicted molar refractivity (Wildman–Crippen MR) is 71.5 cm³/mol. The summed E-state index contributed by atoms with van der Waals surface area (Å²) in [5.41, 5.74) is 3.26. The first-order chi connectivity index (χ1) is 9.29. The molecule has 0 radical (unpaired) electrons. The van der Waals surface area contributed by atoms with Gasteiger partial charge in [0.25, 0.3) is 0 Å². The van der Waals surface area contributed by atoms with Crippen molar-refractivity contribution in [2.24, 2.45) is 0 Å². The van der Waals surface area contributed by atoms with Crippen LogP contribution in [0.1, 0.15) is 55.7 Å². The van der Waals surface area contributed by atoms with E-state index >= 15 is 0 Å². The Labute approximate surface area is 111 Å². The molecule has 0 saturated heterocycles. The Morgan fingerprint density at radius 3 is 2.79 bits per heavy atom. The fourth-order valence-electron chi connectivity index (χ4n) is 3.06. The lowest BCUT2D eigenvalue weighted by atomic mass is 9.97. The third-order valence-electron chi connectivity index (χ3n) is 4.24. The molecule has 2 aliphatic carbocycles. The van der Waals surface area contributed by atoms with Gasteiger partial charge >= 0.3 is 5.69 Å². The molecule has 1 saturated carbocycles. The first-order valence-corrected chi connectivity index (χ1v) is 7.31. The monoisotopic (exact) mass is 258 g/mol. The molecule has 19 heavy (non-hydrogen) atoms. The standard InChI is InChI=1S/C14H18N4O/c1-2-12-15-11-6-4-3-5-10(11)13-16-18(9-7-8-9)14(19)17(12)13/h9H,2-8H2,1H3. The van der Waals surface area contributed by atoms with Crippen molar-refractivity contribution in [2.45, 2.75) is 57.9 Å². The fraction of sp³-hybridized carbons (Fsp3) is 0.643. The van der Waals surface area contributed by atoms with E-state index in [-0.39, 0.29) is 5.69 Å². The summed E-state index contributed by atoms with van der Waals surface area (Å²) < 4.78 is 3.44. The van der Waals surface area contributed by atoms with Crippen LogP contribution in [0.2, 0.25) is 0 Å². The van der Waals surface area contributed by atoms with Gasteiger partial charge < -0.3 is 0 Å². The Kier molecular flexibility index (Phi) is 2.31. The largest absolute Gasteiger partial charge is 0.352 e. The lowest BCUT2D eigenvalue weighted by molar-refractivity contribution is 0.613. The highest BCUT2D eigenvalue weighted by Crippen LogP contribution is 2.33. The van der Waals surface area contributed by atoms with E-state index in [2.05, 4.69) is 12.0 Å². The average molecular weight is 258 g/mol. The van der Waals surface area contributed by atoms with Gasteiger partial charge in [-0.1, -0.05) is 6.92 Å². The van der Waals surface area contributed by atoms with Crippen LogP contribution in [0.4, 0.5) is 0 Å². The maximum atomic E-state index is 12.5. The molecule has 0 atom stereocenters. The van der Waals surface area contributed by atoms with Crippen molar-refractivity contribution < 1.29 is 0 Å². The van der Waals surface area contributed by atoms with Crippen molar-refractivity contribution in [2.75, 3.05) is 0 Å². The molecule has 0 spiro atoms. The summed E-state index contributed by atoms with van der Waals surface area (Å²) in [5.74, 6) is 0.868. The van der Waals surface area contributed by atoms with Gasteiger partial charge in [-0.3, -0.25) is 0 Å². The van der Waals surface area contributed by atoms with Crippen LogP contribution >= 0.6 is 0 Å². The molecular weight excluding hydrogens is 240 g/mol. The van der Waals surface area contributed by atoms with E-state index < -0.39 is 0 Å². The van der Waals surface area contributed by atoms with Gasteiger partial charge in [0.05, 0.1) is 6.04 Å². The SMILES string of the molecule is CCc1nc2c(c3nn(C4CC4)c(=O)n13)CCCC2. The van der Waals surface area contributed by atoms with Crippen LogP contribution < -0.4 is 5.69 Å². The molecule has 0 unspecified atom stereocenters. The molecule has 0 amide bonds. The zero-order valence-corrected chi connectivity index (χ0v) is 11.2. The van der Waals surface area contributed by atoms with E-state index in [0.717, 1.165) is 43.6 Å². The number of aromatic nitrogens is 4. The zero-order valence-electron chi connectivity index (χ0n) is 11.2. The van der Waals surface area contributed by atoms with Crippen molar-refractivity contribution in [1.29, 1.82) is 0 Å². The minimum absolute atomic E-state index is 0.00947. The second kappa shape index (κ2) is 3.92. The number of hydrogen-bond donors (Lipinski definition) is 0. The molecule has 0 N–H and O–H groups in total. The molecule has 5 heteroatoms. The molecule has 100 valence electrons. The highest BCUT2D eigenvalue weighted by atomic mass is 16.2. The summed E-state index contributed by atoms with van der Waals surface area (Å²) in [4.78, 5) is 17.2. The van der Waals surface area contributed by atoms with Crippen LogP contribution in [-0.4, -0.2) is 19.2 Å². The number of hydrogen-bond acceptors (Lipinski definition) is 3. The van der Waals surface area contributed by atoms with Crippen LogP contribution in [0.15, 0.2) is 4.79 Å². The zero-order chi connectivity index (χ0) is 13.0. The summed E-state index contributed by atoms with van der Waals surface area (Å²) in [6.45, 7) is 2.05. The molecule has 1 fully saturated rings. The highest BCUT2D eigenvalue weighted by Gasteiger charge is 2.29. The number of nitrogens with zero attached hydrogens (tertiary/aromatic N) is 4. The van der Waals surface area contributed by atoms with E-state index in [1.54, 1.807) is 9.08 Å².